The number of nitrogens with zero attached hydrogens (tertiary/aromatic N) is 4. The number of benzene rings is 2. The van der Waals surface area contributed by atoms with E-state index in [2.05, 4.69) is 10.3 Å². The van der Waals surface area contributed by atoms with Gasteiger partial charge in [-0.3, -0.25) is 14.4 Å². The van der Waals surface area contributed by atoms with E-state index in [0.29, 0.717) is 61.2 Å². The highest BCUT2D eigenvalue weighted by Crippen LogP contribution is 2.30. The zero-order chi connectivity index (χ0) is 28.6. The average Bonchev–Trinajstić information content (AvgIpc) is 2.94. The monoisotopic (exact) mass is 555 g/mol. The number of carbonyl (C=O) groups is 2. The molecule has 0 saturated heterocycles. The van der Waals surface area contributed by atoms with Crippen LogP contribution < -0.4 is 20.6 Å². The highest BCUT2D eigenvalue weighted by atomic mass is 19.4. The number of fused-ring (bicyclic) bond motifs is 2. The van der Waals surface area contributed by atoms with Gasteiger partial charge in [-0.25, -0.2) is 4.98 Å². The number of rotatable bonds is 6. The summed E-state index contributed by atoms with van der Waals surface area (Å²) in [4.78, 5) is 51.6. The van der Waals surface area contributed by atoms with Gasteiger partial charge >= 0.3 is 6.18 Å². The molecule has 3 aromatic rings. The minimum atomic E-state index is -4.39. The normalized spacial score (nSPS) is 15.0. The van der Waals surface area contributed by atoms with Crippen LogP contribution in [-0.4, -0.2) is 53.7 Å². The highest BCUT2D eigenvalue weighted by molar-refractivity contribution is 5.99. The van der Waals surface area contributed by atoms with Crippen molar-refractivity contribution in [3.8, 4) is 0 Å². The molecule has 2 aliphatic heterocycles. The molecule has 0 aliphatic carbocycles. The molecule has 2 aromatic carbocycles. The minimum Gasteiger partial charge on any atom is -0.411 e. The Kier molecular flexibility index (Phi) is 7.26. The molecular weight excluding hydrogens is 527 g/mol. The first-order valence-corrected chi connectivity index (χ1v) is 12.8. The first kappa shape index (κ1) is 27.2. The van der Waals surface area contributed by atoms with Crippen molar-refractivity contribution < 1.29 is 27.6 Å². The minimum absolute atomic E-state index is 0.0367. The Balaban J connectivity index is 1.29. The van der Waals surface area contributed by atoms with Gasteiger partial charge in [0.2, 0.25) is 11.9 Å². The van der Waals surface area contributed by atoms with E-state index in [4.69, 9.17) is 4.84 Å². The molecule has 0 unspecified atom stereocenters. The van der Waals surface area contributed by atoms with Crippen molar-refractivity contribution >= 4 is 23.5 Å². The Bertz CT molecular complexity index is 1520. The second kappa shape index (κ2) is 10.7. The van der Waals surface area contributed by atoms with Gasteiger partial charge in [0.15, 0.2) is 0 Å². The number of nitrogens with one attached hydrogen (secondary N) is 1. The number of carbonyl (C=O) groups excluding carboxylic acids is 2. The van der Waals surface area contributed by atoms with Gasteiger partial charge in [-0.15, -0.1) is 4.73 Å². The number of anilines is 2. The summed E-state index contributed by atoms with van der Waals surface area (Å²) in [7, 11) is 3.05. The zero-order valence-corrected chi connectivity index (χ0v) is 22.0. The van der Waals surface area contributed by atoms with Crippen molar-refractivity contribution in [2.75, 3.05) is 37.5 Å². The van der Waals surface area contributed by atoms with E-state index < -0.39 is 17.3 Å². The summed E-state index contributed by atoms with van der Waals surface area (Å²) in [5.41, 5.74) is 2.68. The summed E-state index contributed by atoms with van der Waals surface area (Å²) >= 11 is 0. The maximum atomic E-state index is 13.3. The number of hydrogen-bond donors (Lipinski definition) is 1. The SMILES string of the molecule is COn1c(NCCc2ccc(C(F)(F)F)cc2)nc2c(c1=O)CN(C(=O)c1ccc3c(c1)CCC(=O)N3C)CC2. The fourth-order valence-electron chi connectivity index (χ4n) is 5.06. The smallest absolute Gasteiger partial charge is 0.411 e. The molecule has 1 aromatic heterocycles. The Hall–Kier alpha value is -4.35. The van der Waals surface area contributed by atoms with Crippen LogP contribution in [-0.2, 0) is 36.8 Å². The van der Waals surface area contributed by atoms with Gasteiger partial charge in [-0.05, 0) is 54.3 Å². The van der Waals surface area contributed by atoms with Crippen molar-refractivity contribution in [1.82, 2.24) is 14.6 Å². The van der Waals surface area contributed by atoms with Crippen molar-refractivity contribution in [3.63, 3.8) is 0 Å². The van der Waals surface area contributed by atoms with Gasteiger partial charge in [0.05, 0.1) is 23.4 Å². The fourth-order valence-corrected chi connectivity index (χ4v) is 5.06. The van der Waals surface area contributed by atoms with Crippen molar-refractivity contribution in [3.05, 3.63) is 86.3 Å². The molecule has 2 aliphatic rings. The molecular formula is C28H28F3N5O4. The molecule has 0 atom stereocenters. The Morgan fingerprint density at radius 3 is 2.52 bits per heavy atom. The summed E-state index contributed by atoms with van der Waals surface area (Å²) in [5.74, 6) is 0.0102. The van der Waals surface area contributed by atoms with E-state index in [1.165, 1.54) is 19.2 Å². The lowest BCUT2D eigenvalue weighted by atomic mass is 9.98. The second-order valence-corrected chi connectivity index (χ2v) is 9.79. The van der Waals surface area contributed by atoms with Gasteiger partial charge in [0.25, 0.3) is 11.5 Å². The van der Waals surface area contributed by atoms with E-state index >= 15 is 0 Å². The summed E-state index contributed by atoms with van der Waals surface area (Å²) < 4.78 is 39.4. The van der Waals surface area contributed by atoms with Gasteiger partial charge in [-0.2, -0.15) is 13.2 Å². The average molecular weight is 556 g/mol. The molecule has 9 nitrogen and oxygen atoms in total. The lowest BCUT2D eigenvalue weighted by Gasteiger charge is -2.30. The van der Waals surface area contributed by atoms with E-state index in [1.54, 1.807) is 29.0 Å². The third kappa shape index (κ3) is 5.25. The van der Waals surface area contributed by atoms with Crippen LogP contribution >= 0.6 is 0 Å². The maximum Gasteiger partial charge on any atom is 0.416 e. The summed E-state index contributed by atoms with van der Waals surface area (Å²) in [6, 6.07) is 10.2. The zero-order valence-electron chi connectivity index (χ0n) is 22.0. The van der Waals surface area contributed by atoms with E-state index in [9.17, 15) is 27.6 Å². The number of halogens is 3. The standard InChI is InChI=1S/C28H28F3N5O4/c1-34-23-9-5-19(15-18(23)6-10-24(34)37)25(38)35-14-12-22-21(16-35)26(39)36(40-2)27(33-22)32-13-11-17-3-7-20(8-4-17)28(29,30)31/h3-5,7-9,15H,6,10-14,16H2,1-2H3,(H,32,33). The van der Waals surface area contributed by atoms with Gasteiger partial charge < -0.3 is 20.0 Å². The molecule has 2 amide bonds. The summed E-state index contributed by atoms with van der Waals surface area (Å²) in [6.45, 7) is 0.754. The van der Waals surface area contributed by atoms with Crippen LogP contribution in [0.3, 0.4) is 0 Å². The summed E-state index contributed by atoms with van der Waals surface area (Å²) in [6.07, 6.45) is -2.66. The molecule has 5 rings (SSSR count). The predicted octanol–water partition coefficient (Wildman–Crippen LogP) is 3.08. The van der Waals surface area contributed by atoms with Crippen LogP contribution in [0.15, 0.2) is 47.3 Å². The van der Waals surface area contributed by atoms with Crippen LogP contribution in [0, 0.1) is 0 Å². The number of aryl methyl sites for hydroxylation is 1. The van der Waals surface area contributed by atoms with Crippen LogP contribution in [0.1, 0.15) is 44.7 Å². The van der Waals surface area contributed by atoms with Gasteiger partial charge in [0.1, 0.15) is 7.11 Å². The quantitative estimate of drug-likeness (QED) is 0.502. The first-order chi connectivity index (χ1) is 19.1. The van der Waals surface area contributed by atoms with E-state index in [-0.39, 0.29) is 24.3 Å². The number of hydrogen-bond acceptors (Lipinski definition) is 6. The van der Waals surface area contributed by atoms with Gasteiger partial charge in [-0.1, -0.05) is 12.1 Å². The third-order valence-electron chi connectivity index (χ3n) is 7.31. The topological polar surface area (TPSA) is 96.8 Å². The lowest BCUT2D eigenvalue weighted by Crippen LogP contribution is -2.42. The maximum absolute atomic E-state index is 13.3. The van der Waals surface area contributed by atoms with Crippen molar-refractivity contribution in [1.29, 1.82) is 0 Å². The third-order valence-corrected chi connectivity index (χ3v) is 7.31. The Morgan fingerprint density at radius 1 is 1.07 bits per heavy atom. The Labute approximate surface area is 228 Å². The molecule has 40 heavy (non-hydrogen) atoms. The first-order valence-electron chi connectivity index (χ1n) is 12.8. The summed E-state index contributed by atoms with van der Waals surface area (Å²) in [5, 5.41) is 3.04. The molecule has 3 heterocycles. The van der Waals surface area contributed by atoms with Crippen LogP contribution in [0.5, 0.6) is 0 Å². The molecule has 0 radical (unpaired) electrons. The fraction of sp³-hybridized carbons (Fsp3) is 0.357. The Morgan fingerprint density at radius 2 is 1.82 bits per heavy atom. The molecule has 0 spiro atoms. The molecule has 0 saturated carbocycles. The highest BCUT2D eigenvalue weighted by Gasteiger charge is 2.30. The van der Waals surface area contributed by atoms with Crippen LogP contribution in [0.2, 0.25) is 0 Å². The van der Waals surface area contributed by atoms with Gasteiger partial charge in [0, 0.05) is 44.2 Å². The van der Waals surface area contributed by atoms with Crippen molar-refractivity contribution in [2.24, 2.45) is 0 Å². The molecule has 12 heteroatoms. The van der Waals surface area contributed by atoms with Crippen LogP contribution in [0.4, 0.5) is 24.8 Å². The van der Waals surface area contributed by atoms with E-state index in [1.807, 2.05) is 6.07 Å². The van der Waals surface area contributed by atoms with E-state index in [0.717, 1.165) is 28.1 Å². The lowest BCUT2D eigenvalue weighted by molar-refractivity contribution is -0.137. The number of alkyl halides is 3. The predicted molar refractivity (Wildman–Crippen MR) is 141 cm³/mol. The van der Waals surface area contributed by atoms with Crippen LogP contribution in [0.25, 0.3) is 0 Å². The molecule has 0 bridgehead atoms. The number of amides is 2. The second-order valence-electron chi connectivity index (χ2n) is 9.79. The molecule has 0 fully saturated rings. The molecule has 1 N–H and O–H groups in total. The van der Waals surface area contributed by atoms with Crippen molar-refractivity contribution in [2.45, 2.75) is 38.4 Å². The number of aromatic nitrogens is 2. The largest absolute Gasteiger partial charge is 0.416 e. The molecule has 210 valence electrons.